The lowest BCUT2D eigenvalue weighted by molar-refractivity contribution is -0.880. The molecule has 0 bridgehead atoms. The summed E-state index contributed by atoms with van der Waals surface area (Å²) < 4.78 is 14.6. The number of aryl methyl sites for hydroxylation is 2. The average Bonchev–Trinajstić information content (AvgIpc) is 2.57. The van der Waals surface area contributed by atoms with Crippen LogP contribution in [0.25, 0.3) is 0 Å². The Hall–Kier alpha value is -2.20. The molecule has 3 nitrogen and oxygen atoms in total. The predicted octanol–water partition coefficient (Wildman–Crippen LogP) is 2.01. The first-order valence-electron chi connectivity index (χ1n) is 8.43. The number of likely N-dealkylation sites (N-methyl/N-ethyl adjacent to an activating group) is 1. The number of hydrogen-bond donors (Lipinski definition) is 1. The summed E-state index contributed by atoms with van der Waals surface area (Å²) in [6, 6.07) is 10.5. The van der Waals surface area contributed by atoms with Crippen LogP contribution >= 0.6 is 0 Å². The fourth-order valence-electron chi connectivity index (χ4n) is 3.08. The molecule has 24 heavy (non-hydrogen) atoms. The van der Waals surface area contributed by atoms with E-state index in [0.29, 0.717) is 16.8 Å². The third-order valence-electron chi connectivity index (χ3n) is 4.94. The molecule has 1 fully saturated rings. The number of piperazine rings is 1. The SMILES string of the molecule is Cc1ccc(C(=O)c2ccc(N3CC[NH+](C)CC3)c(F)c2)cc1C. The molecule has 1 heterocycles. The standard InChI is InChI=1S/C20H23FN2O/c1-14-4-5-16(12-15(14)2)20(24)17-6-7-19(18(21)13-17)23-10-8-22(3)9-11-23/h4-7,12-13H,8-11H2,1-3H3/p+1. The van der Waals surface area contributed by atoms with E-state index in [1.54, 1.807) is 18.2 Å². The molecule has 0 atom stereocenters. The summed E-state index contributed by atoms with van der Waals surface area (Å²) >= 11 is 0. The molecule has 3 rings (SSSR count). The maximum Gasteiger partial charge on any atom is 0.193 e. The van der Waals surface area contributed by atoms with Gasteiger partial charge in [0.25, 0.3) is 0 Å². The molecule has 1 aliphatic heterocycles. The van der Waals surface area contributed by atoms with Gasteiger partial charge in [0.2, 0.25) is 0 Å². The first-order valence-corrected chi connectivity index (χ1v) is 8.43. The fraction of sp³-hybridized carbons (Fsp3) is 0.350. The zero-order valence-electron chi connectivity index (χ0n) is 14.5. The van der Waals surface area contributed by atoms with E-state index < -0.39 is 0 Å². The Morgan fingerprint density at radius 1 is 1.00 bits per heavy atom. The summed E-state index contributed by atoms with van der Waals surface area (Å²) in [6.07, 6.45) is 0. The van der Waals surface area contributed by atoms with Gasteiger partial charge >= 0.3 is 0 Å². The number of ketones is 1. The topological polar surface area (TPSA) is 24.8 Å². The highest BCUT2D eigenvalue weighted by Gasteiger charge is 2.20. The van der Waals surface area contributed by atoms with E-state index in [0.717, 1.165) is 37.3 Å². The molecule has 2 aromatic rings. The van der Waals surface area contributed by atoms with Crippen LogP contribution in [0.3, 0.4) is 0 Å². The molecule has 0 saturated carbocycles. The minimum absolute atomic E-state index is 0.133. The highest BCUT2D eigenvalue weighted by molar-refractivity contribution is 6.09. The van der Waals surface area contributed by atoms with Crippen molar-refractivity contribution in [2.24, 2.45) is 0 Å². The lowest BCUT2D eigenvalue weighted by Crippen LogP contribution is -3.12. The maximum atomic E-state index is 14.6. The smallest absolute Gasteiger partial charge is 0.193 e. The number of hydrogen-bond acceptors (Lipinski definition) is 2. The molecule has 0 unspecified atom stereocenters. The van der Waals surface area contributed by atoms with Crippen molar-refractivity contribution in [3.05, 3.63) is 64.5 Å². The molecule has 0 amide bonds. The van der Waals surface area contributed by atoms with E-state index in [2.05, 4.69) is 11.9 Å². The number of anilines is 1. The van der Waals surface area contributed by atoms with Gasteiger partial charge in [-0.2, -0.15) is 0 Å². The van der Waals surface area contributed by atoms with Crippen molar-refractivity contribution in [3.63, 3.8) is 0 Å². The van der Waals surface area contributed by atoms with E-state index in [-0.39, 0.29) is 11.6 Å². The van der Waals surface area contributed by atoms with Gasteiger partial charge in [0, 0.05) is 11.1 Å². The summed E-state index contributed by atoms with van der Waals surface area (Å²) in [7, 11) is 2.15. The number of nitrogens with zero attached hydrogens (tertiary/aromatic N) is 1. The fourth-order valence-corrected chi connectivity index (χ4v) is 3.08. The Morgan fingerprint density at radius 2 is 1.62 bits per heavy atom. The lowest BCUT2D eigenvalue weighted by Gasteiger charge is -2.32. The number of quaternary nitrogens is 1. The molecule has 0 radical (unpaired) electrons. The molecule has 1 aliphatic rings. The predicted molar refractivity (Wildman–Crippen MR) is 94.6 cm³/mol. The minimum Gasteiger partial charge on any atom is -0.358 e. The molecular weight excluding hydrogens is 303 g/mol. The van der Waals surface area contributed by atoms with Crippen LogP contribution in [0.5, 0.6) is 0 Å². The van der Waals surface area contributed by atoms with Crippen molar-refractivity contribution in [2.45, 2.75) is 13.8 Å². The number of halogens is 1. The molecule has 0 aromatic heterocycles. The molecule has 1 saturated heterocycles. The Bertz CT molecular complexity index is 764. The monoisotopic (exact) mass is 327 g/mol. The van der Waals surface area contributed by atoms with Gasteiger partial charge in [0.05, 0.1) is 38.9 Å². The summed E-state index contributed by atoms with van der Waals surface area (Å²) in [6.45, 7) is 7.67. The summed E-state index contributed by atoms with van der Waals surface area (Å²) in [5, 5.41) is 0. The van der Waals surface area contributed by atoms with Crippen LogP contribution in [0, 0.1) is 19.7 Å². The highest BCUT2D eigenvalue weighted by atomic mass is 19.1. The zero-order chi connectivity index (χ0) is 17.3. The highest BCUT2D eigenvalue weighted by Crippen LogP contribution is 2.22. The van der Waals surface area contributed by atoms with E-state index in [9.17, 15) is 9.18 Å². The van der Waals surface area contributed by atoms with Crippen molar-refractivity contribution in [2.75, 3.05) is 38.1 Å². The molecule has 2 aromatic carbocycles. The van der Waals surface area contributed by atoms with E-state index in [1.807, 2.05) is 26.0 Å². The van der Waals surface area contributed by atoms with Crippen molar-refractivity contribution < 1.29 is 14.1 Å². The molecular formula is C20H24FN2O+. The van der Waals surface area contributed by atoms with Crippen LogP contribution in [-0.4, -0.2) is 39.0 Å². The van der Waals surface area contributed by atoms with Crippen molar-refractivity contribution in [1.29, 1.82) is 0 Å². The van der Waals surface area contributed by atoms with Gasteiger partial charge in [0.1, 0.15) is 5.82 Å². The molecule has 1 N–H and O–H groups in total. The first-order chi connectivity index (χ1) is 11.5. The Kier molecular flexibility index (Phi) is 4.67. The van der Waals surface area contributed by atoms with Crippen LogP contribution in [0.15, 0.2) is 36.4 Å². The minimum atomic E-state index is -0.316. The Labute approximate surface area is 142 Å². The van der Waals surface area contributed by atoms with Crippen LogP contribution < -0.4 is 9.80 Å². The average molecular weight is 327 g/mol. The van der Waals surface area contributed by atoms with Crippen LogP contribution in [-0.2, 0) is 0 Å². The summed E-state index contributed by atoms with van der Waals surface area (Å²) in [5.41, 5.74) is 3.81. The molecule has 0 aliphatic carbocycles. The second-order valence-corrected chi connectivity index (χ2v) is 6.74. The Morgan fingerprint density at radius 3 is 2.25 bits per heavy atom. The van der Waals surface area contributed by atoms with E-state index in [1.165, 1.54) is 11.0 Å². The number of carbonyl (C=O) groups is 1. The first kappa shape index (κ1) is 16.7. The largest absolute Gasteiger partial charge is 0.358 e. The summed E-state index contributed by atoms with van der Waals surface area (Å²) in [5.74, 6) is -0.449. The maximum absolute atomic E-state index is 14.6. The van der Waals surface area contributed by atoms with Gasteiger partial charge in [-0.05, 0) is 49.2 Å². The second-order valence-electron chi connectivity index (χ2n) is 6.74. The van der Waals surface area contributed by atoms with Crippen molar-refractivity contribution >= 4 is 11.5 Å². The van der Waals surface area contributed by atoms with Gasteiger partial charge in [-0.3, -0.25) is 4.79 Å². The molecule has 4 heteroatoms. The number of nitrogens with one attached hydrogen (secondary N) is 1. The Balaban J connectivity index is 1.83. The molecule has 0 spiro atoms. The van der Waals surface area contributed by atoms with Crippen LogP contribution in [0.4, 0.5) is 10.1 Å². The van der Waals surface area contributed by atoms with Crippen LogP contribution in [0.1, 0.15) is 27.0 Å². The number of rotatable bonds is 3. The summed E-state index contributed by atoms with van der Waals surface area (Å²) in [4.78, 5) is 16.1. The zero-order valence-corrected chi connectivity index (χ0v) is 14.5. The van der Waals surface area contributed by atoms with Crippen molar-refractivity contribution in [1.82, 2.24) is 0 Å². The van der Waals surface area contributed by atoms with Gasteiger partial charge in [-0.1, -0.05) is 12.1 Å². The second kappa shape index (κ2) is 6.73. The number of benzene rings is 2. The normalized spacial score (nSPS) is 15.6. The number of carbonyl (C=O) groups excluding carboxylic acids is 1. The van der Waals surface area contributed by atoms with E-state index in [4.69, 9.17) is 0 Å². The lowest BCUT2D eigenvalue weighted by atomic mass is 9.99. The van der Waals surface area contributed by atoms with Gasteiger partial charge in [-0.15, -0.1) is 0 Å². The van der Waals surface area contributed by atoms with Crippen molar-refractivity contribution in [3.8, 4) is 0 Å². The van der Waals surface area contributed by atoms with Gasteiger partial charge < -0.3 is 9.80 Å². The van der Waals surface area contributed by atoms with E-state index >= 15 is 0 Å². The van der Waals surface area contributed by atoms with Gasteiger partial charge in [0.15, 0.2) is 5.78 Å². The molecule has 126 valence electrons. The quantitative estimate of drug-likeness (QED) is 0.873. The third-order valence-corrected chi connectivity index (χ3v) is 4.94. The third kappa shape index (κ3) is 3.34. The van der Waals surface area contributed by atoms with Crippen LogP contribution in [0.2, 0.25) is 0 Å². The van der Waals surface area contributed by atoms with Gasteiger partial charge in [-0.25, -0.2) is 4.39 Å².